The maximum absolute atomic E-state index is 9.98. The Morgan fingerprint density at radius 1 is 1.07 bits per heavy atom. The summed E-state index contributed by atoms with van der Waals surface area (Å²) in [7, 11) is 1.67. The third-order valence-electron chi connectivity index (χ3n) is 6.04. The molecular weight excluding hydrogens is 402 g/mol. The minimum absolute atomic E-state index is 0.267. The van der Waals surface area contributed by atoms with Crippen LogP contribution in [0.4, 0.5) is 0 Å². The molecule has 0 aliphatic heterocycles. The Bertz CT molecular complexity index is 861. The SMILES string of the molecule is COc1ccc(C2(C#N)CC(c3cccc(Br)c3)C2)cc1OC1CCCC1. The highest BCUT2D eigenvalue weighted by molar-refractivity contribution is 9.10. The summed E-state index contributed by atoms with van der Waals surface area (Å²) in [5.74, 6) is 1.95. The number of ether oxygens (including phenoxy) is 2. The molecule has 3 nitrogen and oxygen atoms in total. The number of nitriles is 1. The molecule has 2 aromatic rings. The highest BCUT2D eigenvalue weighted by atomic mass is 79.9. The zero-order chi connectivity index (χ0) is 18.9. The van der Waals surface area contributed by atoms with E-state index < -0.39 is 5.41 Å². The number of rotatable bonds is 5. The topological polar surface area (TPSA) is 42.2 Å². The van der Waals surface area contributed by atoms with Gasteiger partial charge in [0, 0.05) is 4.47 Å². The first-order chi connectivity index (χ1) is 13.1. The quantitative estimate of drug-likeness (QED) is 0.579. The largest absolute Gasteiger partial charge is 0.493 e. The van der Waals surface area contributed by atoms with Crippen molar-refractivity contribution in [3.63, 3.8) is 0 Å². The predicted molar refractivity (Wildman–Crippen MR) is 109 cm³/mol. The average molecular weight is 426 g/mol. The summed E-state index contributed by atoms with van der Waals surface area (Å²) in [4.78, 5) is 0. The number of hydrogen-bond acceptors (Lipinski definition) is 3. The van der Waals surface area contributed by atoms with Gasteiger partial charge in [-0.15, -0.1) is 0 Å². The first kappa shape index (κ1) is 18.4. The van der Waals surface area contributed by atoms with Gasteiger partial charge < -0.3 is 9.47 Å². The lowest BCUT2D eigenvalue weighted by Gasteiger charge is -2.43. The van der Waals surface area contributed by atoms with Crippen LogP contribution in [-0.2, 0) is 5.41 Å². The minimum atomic E-state index is -0.437. The predicted octanol–water partition coefficient (Wildman–Crippen LogP) is 6.12. The van der Waals surface area contributed by atoms with Crippen molar-refractivity contribution in [2.45, 2.75) is 56.0 Å². The van der Waals surface area contributed by atoms with Crippen molar-refractivity contribution in [1.82, 2.24) is 0 Å². The molecule has 0 unspecified atom stereocenters. The Kier molecular flexibility index (Phi) is 5.14. The molecule has 2 saturated carbocycles. The van der Waals surface area contributed by atoms with Gasteiger partial charge in [0.05, 0.1) is 24.7 Å². The van der Waals surface area contributed by atoms with Crippen LogP contribution in [0.5, 0.6) is 11.5 Å². The average Bonchev–Trinajstić information content (AvgIpc) is 3.15. The zero-order valence-electron chi connectivity index (χ0n) is 15.6. The molecule has 2 aliphatic carbocycles. The summed E-state index contributed by atoms with van der Waals surface area (Å²) in [5, 5.41) is 9.98. The molecule has 4 rings (SSSR count). The van der Waals surface area contributed by atoms with Gasteiger partial charge in [-0.1, -0.05) is 34.1 Å². The van der Waals surface area contributed by atoms with E-state index in [0.717, 1.165) is 47.2 Å². The third kappa shape index (κ3) is 3.58. The van der Waals surface area contributed by atoms with Crippen LogP contribution in [0, 0.1) is 11.3 Å². The van der Waals surface area contributed by atoms with Crippen molar-refractivity contribution in [1.29, 1.82) is 5.26 Å². The van der Waals surface area contributed by atoms with E-state index in [2.05, 4.69) is 40.2 Å². The van der Waals surface area contributed by atoms with E-state index in [-0.39, 0.29) is 6.10 Å². The number of nitrogens with zero attached hydrogens (tertiary/aromatic N) is 1. The Morgan fingerprint density at radius 3 is 2.52 bits per heavy atom. The van der Waals surface area contributed by atoms with Crippen molar-refractivity contribution in [2.24, 2.45) is 0 Å². The van der Waals surface area contributed by atoms with Crippen molar-refractivity contribution < 1.29 is 9.47 Å². The van der Waals surface area contributed by atoms with E-state index in [9.17, 15) is 5.26 Å². The first-order valence-corrected chi connectivity index (χ1v) is 10.4. The minimum Gasteiger partial charge on any atom is -0.493 e. The molecular formula is C23H24BrNO2. The van der Waals surface area contributed by atoms with Gasteiger partial charge in [-0.3, -0.25) is 0 Å². The molecule has 2 aromatic carbocycles. The fourth-order valence-electron chi connectivity index (χ4n) is 4.42. The molecule has 0 heterocycles. The smallest absolute Gasteiger partial charge is 0.161 e. The first-order valence-electron chi connectivity index (χ1n) is 9.65. The number of benzene rings is 2. The van der Waals surface area contributed by atoms with Crippen LogP contribution in [-0.4, -0.2) is 13.2 Å². The van der Waals surface area contributed by atoms with Gasteiger partial charge in [-0.2, -0.15) is 5.26 Å². The maximum atomic E-state index is 9.98. The second-order valence-corrected chi connectivity index (χ2v) is 8.66. The van der Waals surface area contributed by atoms with Crippen molar-refractivity contribution in [3.05, 3.63) is 58.1 Å². The van der Waals surface area contributed by atoms with Crippen molar-refractivity contribution in [2.75, 3.05) is 7.11 Å². The van der Waals surface area contributed by atoms with Crippen molar-refractivity contribution in [3.8, 4) is 17.6 Å². The van der Waals surface area contributed by atoms with E-state index in [0.29, 0.717) is 5.92 Å². The molecule has 0 saturated heterocycles. The van der Waals surface area contributed by atoms with Gasteiger partial charge in [-0.25, -0.2) is 0 Å². The fraction of sp³-hybridized carbons (Fsp3) is 0.435. The lowest BCUT2D eigenvalue weighted by atomic mass is 9.58. The molecule has 0 radical (unpaired) electrons. The van der Waals surface area contributed by atoms with Gasteiger partial charge >= 0.3 is 0 Å². The molecule has 2 fully saturated rings. The van der Waals surface area contributed by atoms with Crippen LogP contribution < -0.4 is 9.47 Å². The van der Waals surface area contributed by atoms with Gasteiger partial charge in [0.25, 0.3) is 0 Å². The van der Waals surface area contributed by atoms with E-state index in [1.807, 2.05) is 24.3 Å². The van der Waals surface area contributed by atoms with E-state index in [4.69, 9.17) is 9.47 Å². The van der Waals surface area contributed by atoms with Gasteiger partial charge in [0.15, 0.2) is 11.5 Å². The fourth-order valence-corrected chi connectivity index (χ4v) is 4.84. The molecule has 0 spiro atoms. The summed E-state index contributed by atoms with van der Waals surface area (Å²) >= 11 is 3.55. The maximum Gasteiger partial charge on any atom is 0.161 e. The standard InChI is InChI=1S/C23H24BrNO2/c1-26-21-10-9-18(12-22(21)27-20-7-2-3-8-20)23(15-25)13-17(14-23)16-5-4-6-19(24)11-16/h4-6,9-12,17,20H,2-3,7-8,13-14H2,1H3. The lowest BCUT2D eigenvalue weighted by molar-refractivity contribution is 0.199. The second-order valence-electron chi connectivity index (χ2n) is 7.74. The van der Waals surface area contributed by atoms with Crippen LogP contribution in [0.1, 0.15) is 55.6 Å². The molecule has 0 atom stereocenters. The summed E-state index contributed by atoms with van der Waals surface area (Å²) in [6, 6.07) is 17.0. The van der Waals surface area contributed by atoms with Gasteiger partial charge in [0.2, 0.25) is 0 Å². The highest BCUT2D eigenvalue weighted by Gasteiger charge is 2.47. The monoisotopic (exact) mass is 425 g/mol. The van der Waals surface area contributed by atoms with Crippen LogP contribution in [0.15, 0.2) is 46.9 Å². The second kappa shape index (κ2) is 7.56. The lowest BCUT2D eigenvalue weighted by Crippen LogP contribution is -2.38. The summed E-state index contributed by atoms with van der Waals surface area (Å²) in [5.41, 5.74) is 1.91. The molecule has 2 aliphatic rings. The van der Waals surface area contributed by atoms with Crippen LogP contribution in [0.2, 0.25) is 0 Å². The highest BCUT2D eigenvalue weighted by Crippen LogP contribution is 2.53. The van der Waals surface area contributed by atoms with E-state index in [1.54, 1.807) is 7.11 Å². The number of halogens is 1. The third-order valence-corrected chi connectivity index (χ3v) is 6.53. The Balaban J connectivity index is 1.57. The van der Waals surface area contributed by atoms with Crippen LogP contribution in [0.3, 0.4) is 0 Å². The summed E-state index contributed by atoms with van der Waals surface area (Å²) in [6.07, 6.45) is 6.60. The molecule has 140 valence electrons. The van der Waals surface area contributed by atoms with Crippen LogP contribution in [0.25, 0.3) is 0 Å². The molecule has 0 aromatic heterocycles. The molecule has 0 N–H and O–H groups in total. The molecule has 27 heavy (non-hydrogen) atoms. The Morgan fingerprint density at radius 2 is 1.85 bits per heavy atom. The van der Waals surface area contributed by atoms with Gasteiger partial charge in [0.1, 0.15) is 0 Å². The summed E-state index contributed by atoms with van der Waals surface area (Å²) < 4.78 is 12.8. The van der Waals surface area contributed by atoms with Gasteiger partial charge in [-0.05, 0) is 79.8 Å². The van der Waals surface area contributed by atoms with Crippen LogP contribution >= 0.6 is 15.9 Å². The number of hydrogen-bond donors (Lipinski definition) is 0. The van der Waals surface area contributed by atoms with Crippen molar-refractivity contribution >= 4 is 15.9 Å². The number of methoxy groups -OCH3 is 1. The van der Waals surface area contributed by atoms with E-state index in [1.165, 1.54) is 18.4 Å². The molecule has 4 heteroatoms. The Hall–Kier alpha value is -1.99. The Labute approximate surface area is 169 Å². The van der Waals surface area contributed by atoms with E-state index >= 15 is 0 Å². The summed E-state index contributed by atoms with van der Waals surface area (Å²) in [6.45, 7) is 0. The molecule has 0 bridgehead atoms. The normalized spacial score (nSPS) is 24.9. The zero-order valence-corrected chi connectivity index (χ0v) is 17.2. The molecule has 0 amide bonds.